The lowest BCUT2D eigenvalue weighted by molar-refractivity contribution is -0.139. The van der Waals surface area contributed by atoms with Crippen molar-refractivity contribution in [1.82, 2.24) is 4.90 Å². The highest BCUT2D eigenvalue weighted by molar-refractivity contribution is 5.95. The van der Waals surface area contributed by atoms with Crippen LogP contribution in [0, 0.1) is 5.82 Å². The highest BCUT2D eigenvalue weighted by Crippen LogP contribution is 2.34. The van der Waals surface area contributed by atoms with Gasteiger partial charge in [-0.15, -0.1) is 0 Å². The van der Waals surface area contributed by atoms with Gasteiger partial charge < -0.3 is 19.5 Å². The van der Waals surface area contributed by atoms with Crippen molar-refractivity contribution < 1.29 is 28.6 Å². The van der Waals surface area contributed by atoms with Gasteiger partial charge in [-0.1, -0.05) is 18.2 Å². The highest BCUT2D eigenvalue weighted by Gasteiger charge is 2.15. The maximum Gasteiger partial charge on any atom is 0.341 e. The monoisotopic (exact) mass is 429 g/mol. The van der Waals surface area contributed by atoms with E-state index in [2.05, 4.69) is 0 Å². The van der Waals surface area contributed by atoms with Gasteiger partial charge in [0.2, 0.25) is 5.91 Å². The molecule has 1 unspecified atom stereocenters. The van der Waals surface area contributed by atoms with Crippen LogP contribution >= 0.6 is 0 Å². The summed E-state index contributed by atoms with van der Waals surface area (Å²) in [6.07, 6.45) is 1.13. The number of carboxylic acid groups (broad SMARTS) is 1. The molecule has 0 saturated carbocycles. The van der Waals surface area contributed by atoms with E-state index in [-0.39, 0.29) is 17.5 Å². The van der Waals surface area contributed by atoms with Crippen molar-refractivity contribution in [1.29, 1.82) is 0 Å². The quantitative estimate of drug-likeness (QED) is 0.554. The fourth-order valence-corrected chi connectivity index (χ4v) is 2.99. The average Bonchev–Trinajstić information content (AvgIpc) is 2.74. The number of nitrogens with zero attached hydrogens (tertiary/aromatic N) is 1. The molecule has 0 aromatic heterocycles. The average molecular weight is 429 g/mol. The summed E-state index contributed by atoms with van der Waals surface area (Å²) >= 11 is 0. The molecule has 0 spiro atoms. The Morgan fingerprint density at radius 2 is 1.74 bits per heavy atom. The number of hydrogen-bond donors (Lipinski definition) is 1. The third-order valence-corrected chi connectivity index (χ3v) is 4.81. The van der Waals surface area contributed by atoms with E-state index in [0.717, 1.165) is 11.1 Å². The van der Waals surface area contributed by atoms with Gasteiger partial charge in [0.05, 0.1) is 0 Å². The standard InChI is InChI=1S/C24H28FNO5/c1-5-26(6-2)23(27)13-16(3)19-9-12-21(22(14-19)30-15-24(28)29)31-17(4)18-7-10-20(25)11-8-18/h7-14,17H,5-6,15H2,1-4H3,(H,28,29)/b16-13+. The van der Waals surface area contributed by atoms with Crippen LogP contribution in [-0.2, 0) is 9.59 Å². The second-order valence-corrected chi connectivity index (χ2v) is 6.99. The number of ether oxygens (including phenoxy) is 2. The van der Waals surface area contributed by atoms with Gasteiger partial charge in [-0.25, -0.2) is 9.18 Å². The molecular weight excluding hydrogens is 401 g/mol. The minimum atomic E-state index is -1.12. The lowest BCUT2D eigenvalue weighted by Gasteiger charge is -2.19. The SMILES string of the molecule is CCN(CC)C(=O)/C=C(\C)c1ccc(OC(C)c2ccc(F)cc2)c(OCC(=O)O)c1. The zero-order valence-electron chi connectivity index (χ0n) is 18.2. The van der Waals surface area contributed by atoms with Crippen LogP contribution in [-0.4, -0.2) is 41.6 Å². The Balaban J connectivity index is 2.31. The van der Waals surface area contributed by atoms with Crippen LogP contribution in [0.4, 0.5) is 4.39 Å². The largest absolute Gasteiger partial charge is 0.482 e. The number of likely N-dealkylation sites (N-methyl/N-ethyl adjacent to an activating group) is 1. The first kappa shape index (κ1) is 23.9. The van der Waals surface area contributed by atoms with Crippen LogP contribution in [0.15, 0.2) is 48.5 Å². The molecule has 6 nitrogen and oxygen atoms in total. The van der Waals surface area contributed by atoms with Crippen LogP contribution in [0.2, 0.25) is 0 Å². The predicted octanol–water partition coefficient (Wildman–Crippen LogP) is 4.70. The first-order chi connectivity index (χ1) is 14.7. The number of halogens is 1. The molecule has 2 aromatic rings. The summed E-state index contributed by atoms with van der Waals surface area (Å²) in [5.74, 6) is -0.957. The van der Waals surface area contributed by atoms with Crippen LogP contribution in [0.1, 0.15) is 44.9 Å². The second kappa shape index (κ2) is 11.2. The third-order valence-electron chi connectivity index (χ3n) is 4.81. The molecule has 0 heterocycles. The maximum absolute atomic E-state index is 13.2. The first-order valence-corrected chi connectivity index (χ1v) is 10.1. The fourth-order valence-electron chi connectivity index (χ4n) is 2.99. The van der Waals surface area contributed by atoms with Gasteiger partial charge in [0.25, 0.3) is 0 Å². The van der Waals surface area contributed by atoms with E-state index in [1.165, 1.54) is 12.1 Å². The molecule has 0 radical (unpaired) electrons. The van der Waals surface area contributed by atoms with Crippen molar-refractivity contribution in [3.8, 4) is 11.5 Å². The van der Waals surface area contributed by atoms with E-state index in [9.17, 15) is 14.0 Å². The van der Waals surface area contributed by atoms with Crippen molar-refractivity contribution in [2.24, 2.45) is 0 Å². The molecule has 0 aliphatic carbocycles. The molecule has 1 amide bonds. The Labute approximate surface area is 181 Å². The predicted molar refractivity (Wildman–Crippen MR) is 117 cm³/mol. The Morgan fingerprint density at radius 1 is 1.10 bits per heavy atom. The van der Waals surface area contributed by atoms with Crippen molar-refractivity contribution in [3.05, 3.63) is 65.5 Å². The second-order valence-electron chi connectivity index (χ2n) is 6.99. The van der Waals surface area contributed by atoms with Crippen LogP contribution < -0.4 is 9.47 Å². The lowest BCUT2D eigenvalue weighted by Crippen LogP contribution is -2.28. The Hall–Kier alpha value is -3.35. The number of carboxylic acids is 1. The van der Waals surface area contributed by atoms with Gasteiger partial charge >= 0.3 is 5.97 Å². The molecule has 2 aromatic carbocycles. The number of benzene rings is 2. The maximum atomic E-state index is 13.2. The molecule has 0 aliphatic rings. The summed E-state index contributed by atoms with van der Waals surface area (Å²) in [5.41, 5.74) is 2.19. The summed E-state index contributed by atoms with van der Waals surface area (Å²) in [7, 11) is 0. The Kier molecular flexibility index (Phi) is 8.61. The van der Waals surface area contributed by atoms with Gasteiger partial charge in [-0.05, 0) is 68.7 Å². The molecule has 0 bridgehead atoms. The molecule has 0 saturated heterocycles. The smallest absolute Gasteiger partial charge is 0.341 e. The summed E-state index contributed by atoms with van der Waals surface area (Å²) in [6, 6.07) is 11.0. The first-order valence-electron chi connectivity index (χ1n) is 10.1. The highest BCUT2D eigenvalue weighted by atomic mass is 19.1. The number of carbonyl (C=O) groups is 2. The third kappa shape index (κ3) is 6.84. The molecule has 2 rings (SSSR count). The number of amides is 1. The van der Waals surface area contributed by atoms with E-state index in [0.29, 0.717) is 24.4 Å². The van der Waals surface area contributed by atoms with Crippen molar-refractivity contribution in [3.63, 3.8) is 0 Å². The molecule has 0 fully saturated rings. The summed E-state index contributed by atoms with van der Waals surface area (Å²) in [5, 5.41) is 9.00. The van der Waals surface area contributed by atoms with E-state index in [1.807, 2.05) is 13.8 Å². The van der Waals surface area contributed by atoms with E-state index < -0.39 is 18.7 Å². The number of carbonyl (C=O) groups excluding carboxylic acids is 1. The Morgan fingerprint density at radius 3 is 2.32 bits per heavy atom. The minimum absolute atomic E-state index is 0.0965. The van der Waals surface area contributed by atoms with Gasteiger partial charge in [-0.2, -0.15) is 0 Å². The molecule has 31 heavy (non-hydrogen) atoms. The number of hydrogen-bond acceptors (Lipinski definition) is 4. The van der Waals surface area contributed by atoms with Gasteiger partial charge in [0, 0.05) is 19.2 Å². The normalized spacial score (nSPS) is 12.2. The molecule has 0 aliphatic heterocycles. The van der Waals surface area contributed by atoms with Crippen LogP contribution in [0.25, 0.3) is 5.57 Å². The van der Waals surface area contributed by atoms with Crippen LogP contribution in [0.5, 0.6) is 11.5 Å². The van der Waals surface area contributed by atoms with E-state index in [1.54, 1.807) is 55.2 Å². The summed E-state index contributed by atoms with van der Waals surface area (Å²) < 4.78 is 24.6. The van der Waals surface area contributed by atoms with Gasteiger partial charge in [0.15, 0.2) is 18.1 Å². The number of allylic oxidation sites excluding steroid dienone is 1. The summed E-state index contributed by atoms with van der Waals surface area (Å²) in [6.45, 7) is 8.12. The van der Waals surface area contributed by atoms with Crippen molar-refractivity contribution >= 4 is 17.4 Å². The number of aliphatic carboxylic acids is 1. The fraction of sp³-hybridized carbons (Fsp3) is 0.333. The Bertz CT molecular complexity index is 935. The van der Waals surface area contributed by atoms with Crippen molar-refractivity contribution in [2.75, 3.05) is 19.7 Å². The van der Waals surface area contributed by atoms with Gasteiger partial charge in [-0.3, -0.25) is 4.79 Å². The number of rotatable bonds is 10. The molecule has 1 N–H and O–H groups in total. The van der Waals surface area contributed by atoms with E-state index in [4.69, 9.17) is 14.6 Å². The van der Waals surface area contributed by atoms with E-state index >= 15 is 0 Å². The topological polar surface area (TPSA) is 76.1 Å². The zero-order chi connectivity index (χ0) is 23.0. The van der Waals surface area contributed by atoms with Crippen LogP contribution in [0.3, 0.4) is 0 Å². The lowest BCUT2D eigenvalue weighted by atomic mass is 10.1. The molecule has 166 valence electrons. The minimum Gasteiger partial charge on any atom is -0.482 e. The molecular formula is C24H28FNO5. The summed E-state index contributed by atoms with van der Waals surface area (Å²) in [4.78, 5) is 25.1. The van der Waals surface area contributed by atoms with Crippen molar-refractivity contribution in [2.45, 2.75) is 33.8 Å². The molecule has 1 atom stereocenters. The zero-order valence-corrected chi connectivity index (χ0v) is 18.2. The molecule has 7 heteroatoms. The van der Waals surface area contributed by atoms with Gasteiger partial charge in [0.1, 0.15) is 11.9 Å².